The number of amides is 1. The molecule has 5 nitrogen and oxygen atoms in total. The number of nitrogens with zero attached hydrogens (tertiary/aromatic N) is 2. The van der Waals surface area contributed by atoms with E-state index in [1.807, 2.05) is 12.1 Å². The molecule has 1 saturated heterocycles. The third-order valence-electron chi connectivity index (χ3n) is 5.33. The summed E-state index contributed by atoms with van der Waals surface area (Å²) >= 11 is 0. The van der Waals surface area contributed by atoms with Gasteiger partial charge in [0.05, 0.1) is 18.2 Å². The minimum atomic E-state index is -0.353. The van der Waals surface area contributed by atoms with Gasteiger partial charge in [0, 0.05) is 49.1 Å². The first-order valence-corrected chi connectivity index (χ1v) is 9.07. The minimum Gasteiger partial charge on any atom is -0.493 e. The van der Waals surface area contributed by atoms with Gasteiger partial charge >= 0.3 is 0 Å². The van der Waals surface area contributed by atoms with Crippen molar-refractivity contribution in [3.05, 3.63) is 65.0 Å². The summed E-state index contributed by atoms with van der Waals surface area (Å²) < 4.78 is 18.8. The molecule has 2 atom stereocenters. The van der Waals surface area contributed by atoms with Crippen LogP contribution in [0.15, 0.2) is 42.5 Å². The summed E-state index contributed by atoms with van der Waals surface area (Å²) in [5.74, 6) is 1.09. The highest BCUT2D eigenvalue weighted by Crippen LogP contribution is 2.41. The van der Waals surface area contributed by atoms with Crippen LogP contribution in [0, 0.1) is 23.1 Å². The van der Waals surface area contributed by atoms with Crippen LogP contribution in [0.4, 0.5) is 4.39 Å². The summed E-state index contributed by atoms with van der Waals surface area (Å²) in [4.78, 5) is 14.4. The lowest BCUT2D eigenvalue weighted by atomic mass is 9.86. The van der Waals surface area contributed by atoms with E-state index in [-0.39, 0.29) is 24.1 Å². The zero-order valence-electron chi connectivity index (χ0n) is 15.2. The fourth-order valence-corrected chi connectivity index (χ4v) is 3.93. The topological polar surface area (TPSA) is 65.4 Å². The molecule has 0 aliphatic carbocycles. The molecule has 2 aromatic rings. The Balaban J connectivity index is 0.00000225. The number of carbonyl (C=O) groups excluding carboxylic acids is 1. The Kier molecular flexibility index (Phi) is 6.18. The van der Waals surface area contributed by atoms with Crippen LogP contribution >= 0.6 is 12.4 Å². The number of hydrogen-bond donors (Lipinski definition) is 1. The molecule has 0 unspecified atom stereocenters. The predicted octanol–water partition coefficient (Wildman–Crippen LogP) is 2.96. The van der Waals surface area contributed by atoms with E-state index in [4.69, 9.17) is 10.00 Å². The molecule has 0 bridgehead atoms. The SMILES string of the molecule is Cl.N#Cc1ccc2c(c1)[C@H]1CN(CCNC(=O)c3ccc(F)cc3)C[C@@H]1CO2. The van der Waals surface area contributed by atoms with Gasteiger partial charge in [-0.1, -0.05) is 0 Å². The number of nitrogens with one attached hydrogen (secondary N) is 1. The van der Waals surface area contributed by atoms with Crippen LogP contribution in [-0.2, 0) is 0 Å². The molecule has 4 rings (SSSR count). The van der Waals surface area contributed by atoms with E-state index < -0.39 is 0 Å². The molecular weight excluding hydrogens is 381 g/mol. The second-order valence-electron chi connectivity index (χ2n) is 7.06. The van der Waals surface area contributed by atoms with Gasteiger partial charge in [0.1, 0.15) is 11.6 Å². The second kappa shape index (κ2) is 8.59. The van der Waals surface area contributed by atoms with Crippen molar-refractivity contribution in [3.63, 3.8) is 0 Å². The summed E-state index contributed by atoms with van der Waals surface area (Å²) in [5, 5.41) is 12.0. The van der Waals surface area contributed by atoms with Crippen molar-refractivity contribution in [2.24, 2.45) is 5.92 Å². The Morgan fingerprint density at radius 1 is 1.25 bits per heavy atom. The molecule has 1 amide bonds. The van der Waals surface area contributed by atoms with Gasteiger partial charge in [0.25, 0.3) is 5.91 Å². The number of ether oxygens (including phenoxy) is 1. The highest BCUT2D eigenvalue weighted by atomic mass is 35.5. The van der Waals surface area contributed by atoms with Crippen LogP contribution < -0.4 is 10.1 Å². The normalized spacial score (nSPS) is 20.1. The largest absolute Gasteiger partial charge is 0.493 e. The van der Waals surface area contributed by atoms with Gasteiger partial charge in [-0.2, -0.15) is 5.26 Å². The van der Waals surface area contributed by atoms with E-state index in [9.17, 15) is 9.18 Å². The average molecular weight is 402 g/mol. The van der Waals surface area contributed by atoms with Crippen molar-refractivity contribution < 1.29 is 13.9 Å². The molecule has 1 fully saturated rings. The summed E-state index contributed by atoms with van der Waals surface area (Å²) in [6.07, 6.45) is 0. The van der Waals surface area contributed by atoms with Crippen molar-refractivity contribution in [3.8, 4) is 11.8 Å². The maximum Gasteiger partial charge on any atom is 0.251 e. The average Bonchev–Trinajstić information content (AvgIpc) is 3.11. The standard InChI is InChI=1S/C21H20FN3O2.ClH/c22-17-4-2-15(3-5-17)21(26)24-7-8-25-11-16-13-27-20-6-1-14(10-23)9-18(20)19(16)12-25;/h1-6,9,16,19H,7-8,11-13H2,(H,24,26);1H/t16-,19+;/m1./s1. The quantitative estimate of drug-likeness (QED) is 0.855. The fraction of sp³-hybridized carbons (Fsp3) is 0.333. The highest BCUT2D eigenvalue weighted by Gasteiger charge is 2.38. The zero-order valence-corrected chi connectivity index (χ0v) is 16.0. The summed E-state index contributed by atoms with van der Waals surface area (Å²) in [5.41, 5.74) is 2.23. The van der Waals surface area contributed by atoms with Gasteiger partial charge < -0.3 is 15.0 Å². The molecular formula is C21H21ClFN3O2. The van der Waals surface area contributed by atoms with Crippen molar-refractivity contribution in [1.29, 1.82) is 5.26 Å². The van der Waals surface area contributed by atoms with E-state index in [0.717, 1.165) is 30.9 Å². The molecule has 1 N–H and O–H groups in total. The molecule has 2 aliphatic heterocycles. The molecule has 2 heterocycles. The van der Waals surface area contributed by atoms with Crippen molar-refractivity contribution in [2.45, 2.75) is 5.92 Å². The Bertz CT molecular complexity index is 898. The van der Waals surface area contributed by atoms with Crippen LogP contribution in [0.1, 0.15) is 27.4 Å². The first-order valence-electron chi connectivity index (χ1n) is 9.07. The lowest BCUT2D eigenvalue weighted by molar-refractivity contribution is 0.0949. The molecule has 0 radical (unpaired) electrons. The number of likely N-dealkylation sites (tertiary alicyclic amines) is 1. The van der Waals surface area contributed by atoms with Gasteiger partial charge in [0.15, 0.2) is 0 Å². The Hall–Kier alpha value is -2.62. The number of benzene rings is 2. The van der Waals surface area contributed by atoms with E-state index in [1.54, 1.807) is 6.07 Å². The summed E-state index contributed by atoms with van der Waals surface area (Å²) in [6.45, 7) is 3.76. The zero-order chi connectivity index (χ0) is 18.8. The lowest BCUT2D eigenvalue weighted by Crippen LogP contribution is -2.34. The van der Waals surface area contributed by atoms with Gasteiger partial charge in [-0.25, -0.2) is 4.39 Å². The number of fused-ring (bicyclic) bond motifs is 3. The van der Waals surface area contributed by atoms with Crippen LogP contribution in [0.25, 0.3) is 0 Å². The van der Waals surface area contributed by atoms with Gasteiger partial charge in [-0.15, -0.1) is 12.4 Å². The maximum absolute atomic E-state index is 12.9. The van der Waals surface area contributed by atoms with Crippen molar-refractivity contribution >= 4 is 18.3 Å². The van der Waals surface area contributed by atoms with Crippen LogP contribution in [0.5, 0.6) is 5.75 Å². The van der Waals surface area contributed by atoms with E-state index in [2.05, 4.69) is 16.3 Å². The number of rotatable bonds is 4. The number of carbonyl (C=O) groups is 1. The molecule has 0 spiro atoms. The third kappa shape index (κ3) is 4.11. The van der Waals surface area contributed by atoms with Gasteiger partial charge in [-0.05, 0) is 42.5 Å². The molecule has 0 saturated carbocycles. The first-order chi connectivity index (χ1) is 13.1. The Morgan fingerprint density at radius 2 is 2.04 bits per heavy atom. The van der Waals surface area contributed by atoms with E-state index in [0.29, 0.717) is 36.1 Å². The van der Waals surface area contributed by atoms with Crippen LogP contribution in [0.2, 0.25) is 0 Å². The maximum atomic E-state index is 12.9. The molecule has 7 heteroatoms. The summed E-state index contributed by atoms with van der Waals surface area (Å²) in [6, 6.07) is 13.3. The van der Waals surface area contributed by atoms with Gasteiger partial charge in [-0.3, -0.25) is 4.79 Å². The summed E-state index contributed by atoms with van der Waals surface area (Å²) in [7, 11) is 0. The number of hydrogen-bond acceptors (Lipinski definition) is 4. The third-order valence-corrected chi connectivity index (χ3v) is 5.33. The Morgan fingerprint density at radius 3 is 2.79 bits per heavy atom. The van der Waals surface area contributed by atoms with Crippen LogP contribution in [0.3, 0.4) is 0 Å². The van der Waals surface area contributed by atoms with Crippen molar-refractivity contribution in [1.82, 2.24) is 10.2 Å². The highest BCUT2D eigenvalue weighted by molar-refractivity contribution is 5.94. The number of nitriles is 1. The monoisotopic (exact) mass is 401 g/mol. The fourth-order valence-electron chi connectivity index (χ4n) is 3.93. The number of halogens is 2. The van der Waals surface area contributed by atoms with Gasteiger partial charge in [0.2, 0.25) is 0 Å². The lowest BCUT2D eigenvalue weighted by Gasteiger charge is -2.27. The minimum absolute atomic E-state index is 0. The molecule has 146 valence electrons. The van der Waals surface area contributed by atoms with E-state index in [1.165, 1.54) is 24.3 Å². The van der Waals surface area contributed by atoms with Crippen molar-refractivity contribution in [2.75, 3.05) is 32.8 Å². The molecule has 2 aliphatic rings. The second-order valence-corrected chi connectivity index (χ2v) is 7.06. The molecule has 28 heavy (non-hydrogen) atoms. The smallest absolute Gasteiger partial charge is 0.251 e. The molecule has 2 aromatic carbocycles. The predicted molar refractivity (Wildman–Crippen MR) is 105 cm³/mol. The van der Waals surface area contributed by atoms with E-state index >= 15 is 0 Å². The Labute approximate surface area is 169 Å². The molecule has 0 aromatic heterocycles. The first kappa shape index (κ1) is 20.1. The van der Waals surface area contributed by atoms with Crippen LogP contribution in [-0.4, -0.2) is 43.6 Å².